The molecule has 150 valence electrons. The van der Waals surface area contributed by atoms with Gasteiger partial charge in [-0.25, -0.2) is 21.6 Å². The zero-order valence-electron chi connectivity index (χ0n) is 14.8. The van der Waals surface area contributed by atoms with Crippen molar-refractivity contribution < 1.29 is 31.1 Å². The van der Waals surface area contributed by atoms with Gasteiger partial charge in [-0.2, -0.15) is 0 Å². The first-order chi connectivity index (χ1) is 13.3. The molecule has 1 N–H and O–H groups in total. The summed E-state index contributed by atoms with van der Waals surface area (Å²) in [4.78, 5) is 11.3. The summed E-state index contributed by atoms with van der Waals surface area (Å²) < 4.78 is 73.4. The van der Waals surface area contributed by atoms with Gasteiger partial charge in [0.1, 0.15) is 10.6 Å². The van der Waals surface area contributed by atoms with Crippen LogP contribution in [-0.4, -0.2) is 33.5 Å². The molecule has 0 bridgehead atoms. The molecule has 1 amide bonds. The number of amides is 1. The zero-order chi connectivity index (χ0) is 20.5. The van der Waals surface area contributed by atoms with Crippen molar-refractivity contribution >= 4 is 21.6 Å². The minimum absolute atomic E-state index is 0.0613. The number of benzene rings is 2. The van der Waals surface area contributed by atoms with Gasteiger partial charge in [0.2, 0.25) is 0 Å². The number of nitrogens with one attached hydrogen (secondary N) is 1. The Morgan fingerprint density at radius 1 is 1.18 bits per heavy atom. The molecule has 1 aliphatic heterocycles. The van der Waals surface area contributed by atoms with Crippen LogP contribution in [0.25, 0.3) is 0 Å². The van der Waals surface area contributed by atoms with E-state index in [1.165, 1.54) is 18.2 Å². The van der Waals surface area contributed by atoms with Crippen LogP contribution in [0.4, 0.5) is 18.9 Å². The van der Waals surface area contributed by atoms with E-state index in [9.17, 15) is 26.4 Å². The number of carbonyl (C=O) groups excluding carboxylic acids is 1. The summed E-state index contributed by atoms with van der Waals surface area (Å²) >= 11 is 0. The number of nitrogens with zero attached hydrogens (tertiary/aromatic N) is 1. The number of carbonyl (C=O) groups is 1. The second-order valence-corrected chi connectivity index (χ2v) is 7.91. The van der Waals surface area contributed by atoms with Crippen molar-refractivity contribution in [3.05, 3.63) is 53.8 Å². The molecule has 0 saturated heterocycles. The third kappa shape index (κ3) is 3.51. The van der Waals surface area contributed by atoms with E-state index in [0.29, 0.717) is 25.1 Å². The monoisotopic (exact) mass is 414 g/mol. The molecule has 28 heavy (non-hydrogen) atoms. The molecule has 0 radical (unpaired) electrons. The van der Waals surface area contributed by atoms with E-state index in [2.05, 4.69) is 5.32 Å². The van der Waals surface area contributed by atoms with Crippen molar-refractivity contribution in [1.82, 2.24) is 5.32 Å². The summed E-state index contributed by atoms with van der Waals surface area (Å²) in [5.41, 5.74) is 0.0613. The van der Waals surface area contributed by atoms with Crippen molar-refractivity contribution in [2.45, 2.75) is 24.3 Å². The number of para-hydroxylation sites is 2. The Kier molecular flexibility index (Phi) is 5.50. The number of ether oxygens (including phenoxy) is 1. The standard InChI is InChI=1S/C18H17F3N2O4S/c1-2-9-22-18(24)14-10-23(12-5-3-4-6-13(12)27-14)28(25,26)15-8-7-11(19)16(20)17(15)21/h3-8,14H,2,9-10H2,1H3,(H,22,24)/t14-/m1/s1. The van der Waals surface area contributed by atoms with Crippen molar-refractivity contribution in [2.75, 3.05) is 17.4 Å². The van der Waals surface area contributed by atoms with Crippen LogP contribution in [0.1, 0.15) is 13.3 Å². The number of sulfonamides is 1. The fourth-order valence-corrected chi connectivity index (χ4v) is 4.29. The molecular formula is C18H17F3N2O4S. The number of fused-ring (bicyclic) bond motifs is 1. The maximum Gasteiger partial charge on any atom is 0.267 e. The maximum absolute atomic E-state index is 14.2. The van der Waals surface area contributed by atoms with Crippen LogP contribution in [0.2, 0.25) is 0 Å². The molecule has 3 rings (SSSR count). The van der Waals surface area contributed by atoms with Crippen LogP contribution >= 0.6 is 0 Å². The first kappa shape index (κ1) is 20.0. The van der Waals surface area contributed by atoms with E-state index in [1.54, 1.807) is 6.07 Å². The quantitative estimate of drug-likeness (QED) is 0.764. The predicted octanol–water partition coefficient (Wildman–Crippen LogP) is 2.59. The molecular weight excluding hydrogens is 397 g/mol. The average molecular weight is 414 g/mol. The van der Waals surface area contributed by atoms with Crippen molar-refractivity contribution in [3.63, 3.8) is 0 Å². The Morgan fingerprint density at radius 3 is 2.61 bits per heavy atom. The number of rotatable bonds is 5. The van der Waals surface area contributed by atoms with Crippen molar-refractivity contribution in [2.24, 2.45) is 0 Å². The summed E-state index contributed by atoms with van der Waals surface area (Å²) in [7, 11) is -4.64. The van der Waals surface area contributed by atoms with Gasteiger partial charge in [0.25, 0.3) is 15.9 Å². The van der Waals surface area contributed by atoms with E-state index < -0.39 is 50.9 Å². The molecule has 1 aliphatic rings. The van der Waals surface area contributed by atoms with Gasteiger partial charge >= 0.3 is 0 Å². The molecule has 6 nitrogen and oxygen atoms in total. The lowest BCUT2D eigenvalue weighted by molar-refractivity contribution is -0.127. The van der Waals surface area contributed by atoms with Gasteiger partial charge in [0.15, 0.2) is 23.6 Å². The highest BCUT2D eigenvalue weighted by Gasteiger charge is 2.39. The highest BCUT2D eigenvalue weighted by molar-refractivity contribution is 7.92. The number of halogens is 3. The number of hydrogen-bond acceptors (Lipinski definition) is 4. The van der Waals surface area contributed by atoms with Crippen LogP contribution in [0, 0.1) is 17.5 Å². The molecule has 0 saturated carbocycles. The lowest BCUT2D eigenvalue weighted by Gasteiger charge is -2.34. The van der Waals surface area contributed by atoms with Crippen molar-refractivity contribution in [3.8, 4) is 5.75 Å². The Morgan fingerprint density at radius 2 is 1.89 bits per heavy atom. The fourth-order valence-electron chi connectivity index (χ4n) is 2.75. The van der Waals surface area contributed by atoms with Gasteiger partial charge in [0.05, 0.1) is 12.2 Å². The molecule has 0 aliphatic carbocycles. The first-order valence-electron chi connectivity index (χ1n) is 8.47. The lowest BCUT2D eigenvalue weighted by Crippen LogP contribution is -2.50. The number of hydrogen-bond donors (Lipinski definition) is 1. The Bertz CT molecular complexity index is 1010. The molecule has 0 spiro atoms. The lowest BCUT2D eigenvalue weighted by atomic mass is 10.2. The molecule has 0 aromatic heterocycles. The first-order valence-corrected chi connectivity index (χ1v) is 9.91. The highest BCUT2D eigenvalue weighted by atomic mass is 32.2. The Balaban J connectivity index is 2.06. The maximum atomic E-state index is 14.2. The van der Waals surface area contributed by atoms with Gasteiger partial charge in [-0.1, -0.05) is 19.1 Å². The van der Waals surface area contributed by atoms with Crippen LogP contribution in [0.5, 0.6) is 5.75 Å². The van der Waals surface area contributed by atoms with Gasteiger partial charge in [-0.05, 0) is 30.7 Å². The average Bonchev–Trinajstić information content (AvgIpc) is 2.69. The molecule has 2 aromatic carbocycles. The van der Waals surface area contributed by atoms with Crippen LogP contribution in [0.15, 0.2) is 41.3 Å². The van der Waals surface area contributed by atoms with E-state index in [-0.39, 0.29) is 11.4 Å². The zero-order valence-corrected chi connectivity index (χ0v) is 15.6. The summed E-state index contributed by atoms with van der Waals surface area (Å²) in [5, 5.41) is 2.60. The third-order valence-electron chi connectivity index (χ3n) is 4.14. The fraction of sp³-hybridized carbons (Fsp3) is 0.278. The van der Waals surface area contributed by atoms with E-state index in [0.717, 1.165) is 4.31 Å². The Labute approximate surface area is 160 Å². The van der Waals surface area contributed by atoms with Gasteiger partial charge in [0, 0.05) is 6.54 Å². The molecule has 1 atom stereocenters. The normalized spacial score (nSPS) is 16.3. The molecule has 10 heteroatoms. The molecule has 1 heterocycles. The molecule has 2 aromatic rings. The largest absolute Gasteiger partial charge is 0.476 e. The summed E-state index contributed by atoms with van der Waals surface area (Å²) in [6, 6.07) is 7.15. The minimum atomic E-state index is -4.64. The van der Waals surface area contributed by atoms with Gasteiger partial charge < -0.3 is 10.1 Å². The van der Waals surface area contributed by atoms with Gasteiger partial charge in [-0.3, -0.25) is 9.10 Å². The minimum Gasteiger partial charge on any atom is -0.476 e. The van der Waals surface area contributed by atoms with Crippen molar-refractivity contribution in [1.29, 1.82) is 0 Å². The van der Waals surface area contributed by atoms with Crippen LogP contribution < -0.4 is 14.4 Å². The summed E-state index contributed by atoms with van der Waals surface area (Å²) in [6.07, 6.45) is -0.526. The summed E-state index contributed by atoms with van der Waals surface area (Å²) in [5.74, 6) is -5.66. The Hall–Kier alpha value is -2.75. The molecule has 0 unspecified atom stereocenters. The van der Waals surface area contributed by atoms with Crippen LogP contribution in [-0.2, 0) is 14.8 Å². The van der Waals surface area contributed by atoms with Gasteiger partial charge in [-0.15, -0.1) is 0 Å². The predicted molar refractivity (Wildman–Crippen MR) is 95.0 cm³/mol. The topological polar surface area (TPSA) is 75.7 Å². The third-order valence-corrected chi connectivity index (χ3v) is 5.94. The second-order valence-electron chi connectivity index (χ2n) is 6.07. The number of anilines is 1. The highest BCUT2D eigenvalue weighted by Crippen LogP contribution is 2.37. The van der Waals surface area contributed by atoms with E-state index >= 15 is 0 Å². The van der Waals surface area contributed by atoms with E-state index in [1.807, 2.05) is 6.92 Å². The molecule has 0 fully saturated rings. The van der Waals surface area contributed by atoms with Crippen LogP contribution in [0.3, 0.4) is 0 Å². The smallest absolute Gasteiger partial charge is 0.267 e. The second kappa shape index (κ2) is 7.70. The van der Waals surface area contributed by atoms with E-state index in [4.69, 9.17) is 4.74 Å². The summed E-state index contributed by atoms with van der Waals surface area (Å²) in [6.45, 7) is 1.76. The SMILES string of the molecule is CCCNC(=O)[C@H]1CN(S(=O)(=O)c2ccc(F)c(F)c2F)c2ccccc2O1.